The maximum atomic E-state index is 11.2. The smallest absolute Gasteiger partial charge is 0.339 e. The van der Waals surface area contributed by atoms with E-state index in [-0.39, 0.29) is 11.6 Å². The van der Waals surface area contributed by atoms with Gasteiger partial charge in [-0.3, -0.25) is 0 Å². The summed E-state index contributed by atoms with van der Waals surface area (Å²) in [4.78, 5) is 15.4. The summed E-state index contributed by atoms with van der Waals surface area (Å²) < 4.78 is 0.655. The van der Waals surface area contributed by atoms with Gasteiger partial charge in [0.15, 0.2) is 0 Å². The molecule has 1 aromatic heterocycles. The maximum absolute atomic E-state index is 11.2. The molecule has 4 nitrogen and oxygen atoms in total. The third-order valence-electron chi connectivity index (χ3n) is 3.18. The van der Waals surface area contributed by atoms with E-state index < -0.39 is 5.97 Å². The number of aryl methyl sites for hydroxylation is 1. The number of benzene rings is 1. The molecule has 0 fully saturated rings. The summed E-state index contributed by atoms with van der Waals surface area (Å²) in [6.07, 6.45) is 3.44. The predicted octanol–water partition coefficient (Wildman–Crippen LogP) is 3.98. The van der Waals surface area contributed by atoms with Crippen LogP contribution in [0.2, 0.25) is 0 Å². The number of halogens is 1. The molecule has 2 rings (SSSR count). The summed E-state index contributed by atoms with van der Waals surface area (Å²) in [5.74, 6) is -0.576. The Balaban J connectivity index is 1.99. The molecular formula is C16H17BrN2O2. The average Bonchev–Trinajstić information content (AvgIpc) is 2.48. The minimum atomic E-state index is -0.985. The fourth-order valence-electron chi connectivity index (χ4n) is 2.05. The lowest BCUT2D eigenvalue weighted by molar-refractivity contribution is 0.0697. The summed E-state index contributed by atoms with van der Waals surface area (Å²) in [5, 5.41) is 12.4. The number of carboxylic acid groups (broad SMARTS) is 1. The molecule has 0 bridgehead atoms. The van der Waals surface area contributed by atoms with Gasteiger partial charge >= 0.3 is 5.97 Å². The molecule has 21 heavy (non-hydrogen) atoms. The number of anilines is 1. The summed E-state index contributed by atoms with van der Waals surface area (Å²) in [6, 6.07) is 11.9. The molecule has 1 heterocycles. The zero-order valence-electron chi connectivity index (χ0n) is 11.7. The van der Waals surface area contributed by atoms with Crippen LogP contribution in [0, 0.1) is 0 Å². The molecule has 0 aliphatic heterocycles. The quantitative estimate of drug-likeness (QED) is 0.828. The van der Waals surface area contributed by atoms with Gasteiger partial charge in [0.25, 0.3) is 0 Å². The highest BCUT2D eigenvalue weighted by Gasteiger charge is 2.14. The van der Waals surface area contributed by atoms with E-state index in [4.69, 9.17) is 0 Å². The Morgan fingerprint density at radius 3 is 2.76 bits per heavy atom. The first-order valence-corrected chi connectivity index (χ1v) is 7.55. The number of aromatic carboxylic acids is 1. The normalized spacial score (nSPS) is 11.9. The van der Waals surface area contributed by atoms with Crippen molar-refractivity contribution in [3.8, 4) is 0 Å². The van der Waals surface area contributed by atoms with Crippen LogP contribution in [0.1, 0.15) is 29.3 Å². The van der Waals surface area contributed by atoms with E-state index in [1.807, 2.05) is 25.1 Å². The fourth-order valence-corrected chi connectivity index (χ4v) is 2.38. The Morgan fingerprint density at radius 2 is 2.10 bits per heavy atom. The molecule has 5 heteroatoms. The topological polar surface area (TPSA) is 62.2 Å². The van der Waals surface area contributed by atoms with Crippen LogP contribution in [0.5, 0.6) is 0 Å². The fraction of sp³-hybridized carbons (Fsp3) is 0.250. The standard InChI is InChI=1S/C16H17BrN2O2/c1-11(7-8-12-5-3-2-4-6-12)19-15-14(16(20)21)9-13(17)10-18-15/h2-6,9-11H,7-8H2,1H3,(H,18,19)(H,20,21). The van der Waals surface area contributed by atoms with E-state index >= 15 is 0 Å². The lowest BCUT2D eigenvalue weighted by atomic mass is 10.1. The van der Waals surface area contributed by atoms with E-state index in [2.05, 4.69) is 38.4 Å². The van der Waals surface area contributed by atoms with Gasteiger partial charge in [0.2, 0.25) is 0 Å². The van der Waals surface area contributed by atoms with Crippen molar-refractivity contribution < 1.29 is 9.90 Å². The van der Waals surface area contributed by atoms with Crippen molar-refractivity contribution >= 4 is 27.7 Å². The first-order valence-electron chi connectivity index (χ1n) is 6.75. The second kappa shape index (κ2) is 7.22. The van der Waals surface area contributed by atoms with E-state index in [0.717, 1.165) is 12.8 Å². The maximum Gasteiger partial charge on any atom is 0.339 e. The molecular weight excluding hydrogens is 332 g/mol. The summed E-state index contributed by atoms with van der Waals surface area (Å²) in [6.45, 7) is 2.03. The Hall–Kier alpha value is -1.88. The van der Waals surface area contributed by atoms with Gasteiger partial charge in [-0.15, -0.1) is 0 Å². The van der Waals surface area contributed by atoms with Crippen molar-refractivity contribution in [3.63, 3.8) is 0 Å². The summed E-state index contributed by atoms with van der Waals surface area (Å²) in [7, 11) is 0. The number of carboxylic acids is 1. The van der Waals surface area contributed by atoms with Crippen molar-refractivity contribution in [2.24, 2.45) is 0 Å². The number of aromatic nitrogens is 1. The van der Waals surface area contributed by atoms with Crippen molar-refractivity contribution in [1.82, 2.24) is 4.98 Å². The highest BCUT2D eigenvalue weighted by atomic mass is 79.9. The second-order valence-electron chi connectivity index (χ2n) is 4.92. The molecule has 110 valence electrons. The van der Waals surface area contributed by atoms with Gasteiger partial charge in [0.1, 0.15) is 11.4 Å². The van der Waals surface area contributed by atoms with Crippen molar-refractivity contribution in [2.45, 2.75) is 25.8 Å². The van der Waals surface area contributed by atoms with Crippen LogP contribution in [0.4, 0.5) is 5.82 Å². The van der Waals surface area contributed by atoms with Crippen LogP contribution in [0.3, 0.4) is 0 Å². The van der Waals surface area contributed by atoms with E-state index in [0.29, 0.717) is 10.3 Å². The first-order chi connectivity index (χ1) is 10.1. The Bertz CT molecular complexity index is 617. The average molecular weight is 349 g/mol. The van der Waals surface area contributed by atoms with Crippen LogP contribution in [0.15, 0.2) is 47.1 Å². The van der Waals surface area contributed by atoms with Crippen molar-refractivity contribution in [1.29, 1.82) is 0 Å². The highest BCUT2D eigenvalue weighted by Crippen LogP contribution is 2.19. The SMILES string of the molecule is CC(CCc1ccccc1)Nc1ncc(Br)cc1C(=O)O. The molecule has 1 aromatic carbocycles. The molecule has 0 saturated carbocycles. The Kier molecular flexibility index (Phi) is 5.33. The largest absolute Gasteiger partial charge is 0.478 e. The zero-order valence-corrected chi connectivity index (χ0v) is 13.3. The van der Waals surface area contributed by atoms with Gasteiger partial charge in [-0.25, -0.2) is 9.78 Å². The molecule has 2 N–H and O–H groups in total. The number of carbonyl (C=O) groups is 1. The van der Waals surface area contributed by atoms with Crippen molar-refractivity contribution in [3.05, 3.63) is 58.2 Å². The first kappa shape index (κ1) is 15.5. The van der Waals surface area contributed by atoms with Gasteiger partial charge in [0, 0.05) is 16.7 Å². The van der Waals surface area contributed by atoms with Gasteiger partial charge in [-0.1, -0.05) is 30.3 Å². The molecule has 1 atom stereocenters. The number of hydrogen-bond donors (Lipinski definition) is 2. The number of rotatable bonds is 6. The molecule has 0 spiro atoms. The third-order valence-corrected chi connectivity index (χ3v) is 3.61. The second-order valence-corrected chi connectivity index (χ2v) is 5.84. The van der Waals surface area contributed by atoms with E-state index in [9.17, 15) is 9.90 Å². The summed E-state index contributed by atoms with van der Waals surface area (Å²) >= 11 is 3.24. The number of hydrogen-bond acceptors (Lipinski definition) is 3. The van der Waals surface area contributed by atoms with Gasteiger partial charge in [-0.05, 0) is 47.3 Å². The molecule has 0 radical (unpaired) electrons. The van der Waals surface area contributed by atoms with Crippen LogP contribution < -0.4 is 5.32 Å². The monoisotopic (exact) mass is 348 g/mol. The molecule has 1 unspecified atom stereocenters. The molecule has 0 aliphatic carbocycles. The Morgan fingerprint density at radius 1 is 1.38 bits per heavy atom. The number of nitrogens with zero attached hydrogens (tertiary/aromatic N) is 1. The number of pyridine rings is 1. The summed E-state index contributed by atoms with van der Waals surface area (Å²) in [5.41, 5.74) is 1.45. The van der Waals surface area contributed by atoms with Gasteiger partial charge in [-0.2, -0.15) is 0 Å². The molecule has 0 saturated heterocycles. The predicted molar refractivity (Wildman–Crippen MR) is 86.7 cm³/mol. The van der Waals surface area contributed by atoms with Crippen LogP contribution in [0.25, 0.3) is 0 Å². The van der Waals surface area contributed by atoms with Crippen LogP contribution in [-0.2, 0) is 6.42 Å². The minimum absolute atomic E-state index is 0.136. The van der Waals surface area contributed by atoms with Gasteiger partial charge < -0.3 is 10.4 Å². The molecule has 2 aromatic rings. The Labute approximate surface area is 132 Å². The van der Waals surface area contributed by atoms with Crippen LogP contribution >= 0.6 is 15.9 Å². The highest BCUT2D eigenvalue weighted by molar-refractivity contribution is 9.10. The molecule has 0 amide bonds. The lowest BCUT2D eigenvalue weighted by Gasteiger charge is -2.16. The minimum Gasteiger partial charge on any atom is -0.478 e. The van der Waals surface area contributed by atoms with E-state index in [1.165, 1.54) is 5.56 Å². The lowest BCUT2D eigenvalue weighted by Crippen LogP contribution is -2.19. The zero-order chi connectivity index (χ0) is 15.2. The van der Waals surface area contributed by atoms with E-state index in [1.54, 1.807) is 12.3 Å². The van der Waals surface area contributed by atoms with Gasteiger partial charge in [0.05, 0.1) is 0 Å². The van der Waals surface area contributed by atoms with Crippen molar-refractivity contribution in [2.75, 3.05) is 5.32 Å². The third kappa shape index (κ3) is 4.56. The van der Waals surface area contributed by atoms with Crippen LogP contribution in [-0.4, -0.2) is 22.1 Å². The number of nitrogens with one attached hydrogen (secondary N) is 1. The molecule has 0 aliphatic rings.